The highest BCUT2D eigenvalue weighted by molar-refractivity contribution is 5.92. The Labute approximate surface area is 103 Å². The first-order valence-corrected chi connectivity index (χ1v) is 5.53. The molecule has 1 aromatic rings. The summed E-state index contributed by atoms with van der Waals surface area (Å²) < 4.78 is 4.64. The van der Waals surface area contributed by atoms with Crippen LogP contribution < -0.4 is 5.56 Å². The van der Waals surface area contributed by atoms with E-state index in [1.807, 2.05) is 0 Å². The molecule has 1 aliphatic rings. The summed E-state index contributed by atoms with van der Waals surface area (Å²) in [5, 5.41) is 0. The van der Waals surface area contributed by atoms with Crippen molar-refractivity contribution in [2.45, 2.75) is 6.42 Å². The molecule has 1 unspecified atom stereocenters. The van der Waals surface area contributed by atoms with Crippen LogP contribution >= 0.6 is 0 Å². The summed E-state index contributed by atoms with van der Waals surface area (Å²) in [6.45, 7) is 0.811. The number of aromatic amines is 1. The van der Waals surface area contributed by atoms with Crippen LogP contribution in [0, 0.1) is 5.92 Å². The number of aromatic nitrogens is 2. The van der Waals surface area contributed by atoms with Crippen LogP contribution in [0.15, 0.2) is 17.2 Å². The molecule has 0 bridgehead atoms. The van der Waals surface area contributed by atoms with Gasteiger partial charge in [-0.3, -0.25) is 14.4 Å². The number of nitrogens with zero attached hydrogens (tertiary/aromatic N) is 2. The lowest BCUT2D eigenvalue weighted by molar-refractivity contribution is -0.144. The summed E-state index contributed by atoms with van der Waals surface area (Å²) >= 11 is 0. The molecule has 0 aromatic carbocycles. The van der Waals surface area contributed by atoms with Crippen molar-refractivity contribution in [1.82, 2.24) is 14.9 Å². The number of hydrogen-bond donors (Lipinski definition) is 1. The molecular formula is C11H13N3O4. The minimum absolute atomic E-state index is 0.167. The SMILES string of the molecule is COC(=O)C1CCN(C(=O)c2c[nH]c(=O)cn2)C1. The predicted molar refractivity (Wildman–Crippen MR) is 60.9 cm³/mol. The van der Waals surface area contributed by atoms with E-state index in [2.05, 4.69) is 14.7 Å². The van der Waals surface area contributed by atoms with Crippen LogP contribution in [0.5, 0.6) is 0 Å². The third-order valence-corrected chi connectivity index (χ3v) is 2.90. The van der Waals surface area contributed by atoms with E-state index in [1.165, 1.54) is 18.2 Å². The van der Waals surface area contributed by atoms with Crippen molar-refractivity contribution in [2.24, 2.45) is 5.92 Å². The van der Waals surface area contributed by atoms with Gasteiger partial charge < -0.3 is 14.6 Å². The number of hydrogen-bond acceptors (Lipinski definition) is 5. The number of carbonyl (C=O) groups excluding carboxylic acids is 2. The average molecular weight is 251 g/mol. The van der Waals surface area contributed by atoms with Gasteiger partial charge in [-0.15, -0.1) is 0 Å². The molecule has 1 saturated heterocycles. The van der Waals surface area contributed by atoms with Crippen molar-refractivity contribution in [1.29, 1.82) is 0 Å². The molecule has 7 heteroatoms. The van der Waals surface area contributed by atoms with Crippen molar-refractivity contribution in [3.05, 3.63) is 28.4 Å². The van der Waals surface area contributed by atoms with Crippen molar-refractivity contribution < 1.29 is 14.3 Å². The van der Waals surface area contributed by atoms with Crippen LogP contribution in [-0.2, 0) is 9.53 Å². The number of esters is 1. The molecule has 1 aromatic heterocycles. The second-order valence-corrected chi connectivity index (χ2v) is 4.06. The van der Waals surface area contributed by atoms with E-state index in [0.29, 0.717) is 19.5 Å². The highest BCUT2D eigenvalue weighted by Crippen LogP contribution is 2.18. The Hall–Kier alpha value is -2.18. The van der Waals surface area contributed by atoms with Crippen LogP contribution in [0.3, 0.4) is 0 Å². The van der Waals surface area contributed by atoms with Crippen molar-refractivity contribution in [3.8, 4) is 0 Å². The predicted octanol–water partition coefficient (Wildman–Crippen LogP) is -0.595. The molecular weight excluding hydrogens is 238 g/mol. The maximum Gasteiger partial charge on any atom is 0.310 e. The highest BCUT2D eigenvalue weighted by Gasteiger charge is 2.32. The molecule has 1 aliphatic heterocycles. The minimum atomic E-state index is -0.361. The van der Waals surface area contributed by atoms with Crippen LogP contribution in [-0.4, -0.2) is 46.9 Å². The van der Waals surface area contributed by atoms with E-state index < -0.39 is 0 Å². The maximum absolute atomic E-state index is 12.0. The Kier molecular flexibility index (Phi) is 3.40. The number of H-pyrrole nitrogens is 1. The number of ether oxygens (including phenoxy) is 1. The first-order chi connectivity index (χ1) is 8.61. The lowest BCUT2D eigenvalue weighted by Crippen LogP contribution is -2.31. The van der Waals surface area contributed by atoms with E-state index >= 15 is 0 Å². The van der Waals surface area contributed by atoms with Crippen LogP contribution in [0.25, 0.3) is 0 Å². The molecule has 0 spiro atoms. The number of methoxy groups -OCH3 is 1. The van der Waals surface area contributed by atoms with Gasteiger partial charge in [-0.1, -0.05) is 0 Å². The van der Waals surface area contributed by atoms with Crippen molar-refractivity contribution >= 4 is 11.9 Å². The van der Waals surface area contributed by atoms with E-state index in [4.69, 9.17) is 0 Å². The van der Waals surface area contributed by atoms with Crippen LogP contribution in [0.4, 0.5) is 0 Å². The average Bonchev–Trinajstić information content (AvgIpc) is 2.87. The summed E-state index contributed by atoms with van der Waals surface area (Å²) in [6.07, 6.45) is 2.92. The van der Waals surface area contributed by atoms with Crippen molar-refractivity contribution in [3.63, 3.8) is 0 Å². The topological polar surface area (TPSA) is 92.4 Å². The molecule has 96 valence electrons. The molecule has 0 aliphatic carbocycles. The standard InChI is InChI=1S/C11H13N3O4/c1-18-11(17)7-2-3-14(6-7)10(16)8-4-13-9(15)5-12-8/h4-5,7H,2-3,6H2,1H3,(H,13,15). The highest BCUT2D eigenvalue weighted by atomic mass is 16.5. The van der Waals surface area contributed by atoms with Crippen molar-refractivity contribution in [2.75, 3.05) is 20.2 Å². The molecule has 7 nitrogen and oxygen atoms in total. The Morgan fingerprint density at radius 2 is 2.33 bits per heavy atom. The van der Waals surface area contributed by atoms with E-state index in [9.17, 15) is 14.4 Å². The van der Waals surface area contributed by atoms with Gasteiger partial charge in [-0.25, -0.2) is 4.98 Å². The summed E-state index contributed by atoms with van der Waals surface area (Å²) in [5.41, 5.74) is -0.194. The first-order valence-electron chi connectivity index (χ1n) is 5.53. The molecule has 0 saturated carbocycles. The summed E-state index contributed by atoms with van der Waals surface area (Å²) in [6, 6.07) is 0. The smallest absolute Gasteiger partial charge is 0.310 e. The molecule has 0 radical (unpaired) electrons. The zero-order valence-corrected chi connectivity index (χ0v) is 9.88. The molecule has 2 heterocycles. The fraction of sp³-hybridized carbons (Fsp3) is 0.455. The number of carbonyl (C=O) groups is 2. The number of amides is 1. The van der Waals surface area contributed by atoms with Gasteiger partial charge in [0, 0.05) is 19.3 Å². The maximum atomic E-state index is 12.0. The normalized spacial score (nSPS) is 18.7. The lowest BCUT2D eigenvalue weighted by Gasteiger charge is -2.15. The largest absolute Gasteiger partial charge is 0.469 e. The van der Waals surface area contributed by atoms with Crippen LogP contribution in [0.1, 0.15) is 16.9 Å². The van der Waals surface area contributed by atoms with E-state index in [0.717, 1.165) is 6.20 Å². The third kappa shape index (κ3) is 2.39. The number of likely N-dealkylation sites (tertiary alicyclic amines) is 1. The fourth-order valence-electron chi connectivity index (χ4n) is 1.92. The Bertz CT molecular complexity index is 505. The molecule has 1 amide bonds. The number of rotatable bonds is 2. The summed E-state index contributed by atoms with van der Waals surface area (Å²) in [5.74, 6) is -0.876. The zero-order valence-electron chi connectivity index (χ0n) is 9.88. The van der Waals surface area contributed by atoms with E-state index in [-0.39, 0.29) is 29.0 Å². The molecule has 18 heavy (non-hydrogen) atoms. The molecule has 1 N–H and O–H groups in total. The summed E-state index contributed by atoms with van der Waals surface area (Å²) in [4.78, 5) is 41.9. The van der Waals surface area contributed by atoms with Gasteiger partial charge in [0.15, 0.2) is 0 Å². The Balaban J connectivity index is 2.05. The Morgan fingerprint density at radius 3 is 2.94 bits per heavy atom. The zero-order chi connectivity index (χ0) is 13.1. The third-order valence-electron chi connectivity index (χ3n) is 2.90. The fourth-order valence-corrected chi connectivity index (χ4v) is 1.92. The first kappa shape index (κ1) is 12.3. The van der Waals surface area contributed by atoms with Crippen LogP contribution in [0.2, 0.25) is 0 Å². The van der Waals surface area contributed by atoms with Gasteiger partial charge in [-0.05, 0) is 6.42 Å². The second kappa shape index (κ2) is 4.99. The monoisotopic (exact) mass is 251 g/mol. The van der Waals surface area contributed by atoms with Gasteiger partial charge in [0.2, 0.25) is 0 Å². The van der Waals surface area contributed by atoms with Gasteiger partial charge in [-0.2, -0.15) is 0 Å². The molecule has 1 atom stereocenters. The Morgan fingerprint density at radius 1 is 1.56 bits per heavy atom. The molecule has 1 fully saturated rings. The van der Waals surface area contributed by atoms with E-state index in [1.54, 1.807) is 0 Å². The van der Waals surface area contributed by atoms with Gasteiger partial charge in [0.05, 0.1) is 19.2 Å². The summed E-state index contributed by atoms with van der Waals surface area (Å²) in [7, 11) is 1.33. The van der Waals surface area contributed by atoms with Gasteiger partial charge in [0.1, 0.15) is 5.69 Å². The van der Waals surface area contributed by atoms with Gasteiger partial charge in [0.25, 0.3) is 11.5 Å². The number of nitrogens with one attached hydrogen (secondary N) is 1. The van der Waals surface area contributed by atoms with Gasteiger partial charge >= 0.3 is 5.97 Å². The second-order valence-electron chi connectivity index (χ2n) is 4.06. The lowest BCUT2D eigenvalue weighted by atomic mass is 10.1. The quantitative estimate of drug-likeness (QED) is 0.709. The minimum Gasteiger partial charge on any atom is -0.469 e. The molecule has 2 rings (SSSR count).